The van der Waals surface area contributed by atoms with Crippen LogP contribution in [0.2, 0.25) is 0 Å². The van der Waals surface area contributed by atoms with E-state index in [2.05, 4.69) is 187 Å². The minimum absolute atomic E-state index is 1.07. The number of aryl methyl sites for hydroxylation is 12. The Morgan fingerprint density at radius 1 is 0.115 bits per heavy atom. The highest BCUT2D eigenvalue weighted by Gasteiger charge is 2.25. The van der Waals surface area contributed by atoms with Crippen LogP contribution in [0.25, 0.3) is 0 Å². The first kappa shape index (κ1) is 77.9. The summed E-state index contributed by atoms with van der Waals surface area (Å²) in [6, 6.07) is 59.9. The van der Waals surface area contributed by atoms with Gasteiger partial charge in [0, 0.05) is 0 Å². The maximum atomic E-state index is 2.51. The highest BCUT2D eigenvalue weighted by molar-refractivity contribution is 5.55. The largest absolute Gasteiger partial charge is 0.0654 e. The lowest BCUT2D eigenvalue weighted by molar-refractivity contribution is 0.632. The summed E-state index contributed by atoms with van der Waals surface area (Å²) in [6.45, 7) is 14.0. The van der Waals surface area contributed by atoms with E-state index >= 15 is 0 Å². The number of benzene rings is 7. The summed E-state index contributed by atoms with van der Waals surface area (Å²) >= 11 is 0. The Labute approximate surface area is 591 Å². The topological polar surface area (TPSA) is 0 Å². The first-order chi connectivity index (χ1) is 47.4. The molecule has 0 bridgehead atoms. The summed E-state index contributed by atoms with van der Waals surface area (Å²) in [4.78, 5) is 0. The first-order valence-corrected chi connectivity index (χ1v) is 41.0. The van der Waals surface area contributed by atoms with Crippen LogP contribution < -0.4 is 0 Å². The molecule has 7 aromatic carbocycles. The van der Waals surface area contributed by atoms with Gasteiger partial charge in [0.1, 0.15) is 0 Å². The van der Waals surface area contributed by atoms with E-state index in [4.69, 9.17) is 0 Å². The van der Waals surface area contributed by atoms with Gasteiger partial charge in [-0.25, -0.2) is 0 Å². The standard InChI is InChI=1S/C96H138/c1-7-13-19-25-31-37-79-43-55-85(56-44-79)67-73-91-92(74-68-86-57-45-80(46-58-86)38-32-26-20-14-8-2)94(76-70-88-61-49-82(50-62-88)40-34-28-22-16-10-4)96(78-72-90-65-53-84(54-66-90)42-36-30-24-18-12-6)95(77-71-89-63-51-83(52-64-89)41-35-29-23-17-11-5)93(91)75-69-87-59-47-81(48-60-87)39-33-27-21-15-9-3/h43-66H,7-42,67-78H2,1-6H3. The normalized spacial score (nSPS) is 11.6. The van der Waals surface area contributed by atoms with Gasteiger partial charge in [0.25, 0.3) is 0 Å². The van der Waals surface area contributed by atoms with E-state index in [0.717, 1.165) is 77.0 Å². The summed E-state index contributed by atoms with van der Waals surface area (Å²) in [5.41, 5.74) is 28.1. The summed E-state index contributed by atoms with van der Waals surface area (Å²) in [7, 11) is 0. The molecule has 0 spiro atoms. The van der Waals surface area contributed by atoms with E-state index in [1.807, 2.05) is 0 Å². The number of hydrogen-bond acceptors (Lipinski definition) is 0. The molecule has 7 rings (SSSR count). The van der Waals surface area contributed by atoms with E-state index in [9.17, 15) is 0 Å². The average Bonchev–Trinajstić information content (AvgIpc) is 0.771. The Hall–Kier alpha value is -5.46. The molecule has 0 heterocycles. The number of hydrogen-bond donors (Lipinski definition) is 0. The fourth-order valence-electron chi connectivity index (χ4n) is 15.4. The second-order valence-corrected chi connectivity index (χ2v) is 29.8. The molecule has 0 radical (unpaired) electrons. The molecule has 0 nitrogen and oxygen atoms in total. The van der Waals surface area contributed by atoms with Crippen molar-refractivity contribution < 1.29 is 0 Å². The summed E-state index contributed by atoms with van der Waals surface area (Å²) in [6.07, 6.45) is 60.0. The Morgan fingerprint density at radius 2 is 0.219 bits per heavy atom. The van der Waals surface area contributed by atoms with Crippen LogP contribution in [-0.4, -0.2) is 0 Å². The molecule has 0 aliphatic rings. The van der Waals surface area contributed by atoms with Crippen molar-refractivity contribution in [1.29, 1.82) is 0 Å². The van der Waals surface area contributed by atoms with Crippen LogP contribution in [0.3, 0.4) is 0 Å². The molecule has 0 aliphatic heterocycles. The third-order valence-electron chi connectivity index (χ3n) is 21.7. The van der Waals surface area contributed by atoms with Crippen LogP contribution in [0.5, 0.6) is 0 Å². The molecule has 0 aromatic heterocycles. The fourth-order valence-corrected chi connectivity index (χ4v) is 15.4. The van der Waals surface area contributed by atoms with Gasteiger partial charge in [-0.2, -0.15) is 0 Å². The van der Waals surface area contributed by atoms with Gasteiger partial charge in [-0.05, 0) is 254 Å². The van der Waals surface area contributed by atoms with Crippen molar-refractivity contribution in [3.05, 3.63) is 246 Å². The monoisotopic (exact) mass is 1290 g/mol. The van der Waals surface area contributed by atoms with Crippen molar-refractivity contribution in [3.8, 4) is 0 Å². The number of unbranched alkanes of at least 4 members (excludes halogenated alkanes) is 24. The smallest absolute Gasteiger partial charge is 0.0233 e. The predicted molar refractivity (Wildman–Crippen MR) is 424 cm³/mol. The second-order valence-electron chi connectivity index (χ2n) is 29.8. The van der Waals surface area contributed by atoms with Gasteiger partial charge in [0.2, 0.25) is 0 Å². The van der Waals surface area contributed by atoms with Crippen LogP contribution in [0.15, 0.2) is 146 Å². The summed E-state index contributed by atoms with van der Waals surface area (Å²) in [5.74, 6) is 0. The van der Waals surface area contributed by atoms with Gasteiger partial charge >= 0.3 is 0 Å². The van der Waals surface area contributed by atoms with Crippen molar-refractivity contribution in [1.82, 2.24) is 0 Å². The molecule has 522 valence electrons. The summed E-state index contributed by atoms with van der Waals surface area (Å²) in [5, 5.41) is 0. The van der Waals surface area contributed by atoms with Crippen LogP contribution in [-0.2, 0) is 116 Å². The Balaban J connectivity index is 1.36. The van der Waals surface area contributed by atoms with Crippen LogP contribution in [0.4, 0.5) is 0 Å². The molecule has 0 atom stereocenters. The van der Waals surface area contributed by atoms with Crippen molar-refractivity contribution in [2.75, 3.05) is 0 Å². The first-order valence-electron chi connectivity index (χ1n) is 41.0. The lowest BCUT2D eigenvalue weighted by Gasteiger charge is -2.28. The van der Waals surface area contributed by atoms with E-state index in [1.165, 1.54) is 298 Å². The van der Waals surface area contributed by atoms with Crippen LogP contribution in [0, 0.1) is 0 Å². The second kappa shape index (κ2) is 48.3. The maximum Gasteiger partial charge on any atom is -0.0233 e. The van der Waals surface area contributed by atoms with E-state index in [-0.39, 0.29) is 0 Å². The fraction of sp³-hybridized carbons (Fsp3) is 0.562. The third kappa shape index (κ3) is 29.9. The molecule has 0 aliphatic carbocycles. The Morgan fingerprint density at radius 3 is 0.333 bits per heavy atom. The molecule has 0 saturated heterocycles. The van der Waals surface area contributed by atoms with Crippen LogP contribution >= 0.6 is 0 Å². The Bertz CT molecular complexity index is 2490. The molecule has 7 aromatic rings. The lowest BCUT2D eigenvalue weighted by Crippen LogP contribution is -2.18. The quantitative estimate of drug-likeness (QED) is 0.0333. The molecule has 0 saturated carbocycles. The van der Waals surface area contributed by atoms with Gasteiger partial charge in [0.05, 0.1) is 0 Å². The van der Waals surface area contributed by atoms with Gasteiger partial charge in [-0.3, -0.25) is 0 Å². The molecule has 0 amide bonds. The van der Waals surface area contributed by atoms with Crippen LogP contribution in [0.1, 0.15) is 334 Å². The van der Waals surface area contributed by atoms with Gasteiger partial charge < -0.3 is 0 Å². The van der Waals surface area contributed by atoms with Gasteiger partial charge in [-0.1, -0.05) is 341 Å². The Kier molecular flexibility index (Phi) is 39.2. The summed E-state index contributed by atoms with van der Waals surface area (Å²) < 4.78 is 0. The van der Waals surface area contributed by atoms with Crippen molar-refractivity contribution >= 4 is 0 Å². The predicted octanol–water partition coefficient (Wildman–Crippen LogP) is 27.5. The number of rotatable bonds is 54. The zero-order valence-electron chi connectivity index (χ0n) is 62.8. The van der Waals surface area contributed by atoms with Crippen molar-refractivity contribution in [2.24, 2.45) is 0 Å². The molecule has 0 unspecified atom stereocenters. The maximum absolute atomic E-state index is 2.51. The molecule has 0 heteroatoms. The SMILES string of the molecule is CCCCCCCc1ccc(CCc2c(CCc3ccc(CCCCCCC)cc3)c(CCc3ccc(CCCCCCC)cc3)c(CCc3ccc(CCCCCCC)cc3)c(CCc3ccc(CCCCCCC)cc3)c2CCc2ccc(CCCCCCC)cc2)cc1. The highest BCUT2D eigenvalue weighted by atomic mass is 14.3. The van der Waals surface area contributed by atoms with E-state index in [1.54, 1.807) is 33.4 Å². The molecule has 96 heavy (non-hydrogen) atoms. The highest BCUT2D eigenvalue weighted by Crippen LogP contribution is 2.36. The zero-order chi connectivity index (χ0) is 67.3. The molecular weight excluding hydrogens is 1150 g/mol. The molecule has 0 N–H and O–H groups in total. The van der Waals surface area contributed by atoms with Crippen molar-refractivity contribution in [2.45, 2.75) is 350 Å². The molecule has 0 fully saturated rings. The average molecular weight is 1290 g/mol. The molecular formula is C96H138. The third-order valence-corrected chi connectivity index (χ3v) is 21.7. The minimum Gasteiger partial charge on any atom is -0.0654 e. The van der Waals surface area contributed by atoms with Gasteiger partial charge in [-0.15, -0.1) is 0 Å². The van der Waals surface area contributed by atoms with E-state index in [0.29, 0.717) is 0 Å². The van der Waals surface area contributed by atoms with E-state index < -0.39 is 0 Å². The van der Waals surface area contributed by atoms with Crippen molar-refractivity contribution in [3.63, 3.8) is 0 Å². The minimum atomic E-state index is 1.07. The van der Waals surface area contributed by atoms with Gasteiger partial charge in [0.15, 0.2) is 0 Å². The lowest BCUT2D eigenvalue weighted by atomic mass is 9.76. The zero-order valence-corrected chi connectivity index (χ0v) is 62.8.